The van der Waals surface area contributed by atoms with Crippen molar-refractivity contribution in [2.75, 3.05) is 0 Å². The summed E-state index contributed by atoms with van der Waals surface area (Å²) < 4.78 is 6.51. The van der Waals surface area contributed by atoms with Crippen molar-refractivity contribution < 1.29 is 0 Å². The van der Waals surface area contributed by atoms with Gasteiger partial charge in [-0.15, -0.1) is 6.58 Å². The zero-order valence-corrected chi connectivity index (χ0v) is 30.6. The number of hydrogen-bond acceptors (Lipinski definition) is 5. The van der Waals surface area contributed by atoms with Crippen LogP contribution in [-0.2, 0) is 6.42 Å². The van der Waals surface area contributed by atoms with Crippen LogP contribution in [0.4, 0.5) is 0 Å². The minimum atomic E-state index is 0.768. The molecule has 0 spiro atoms. The van der Waals surface area contributed by atoms with E-state index in [9.17, 15) is 0 Å². The van der Waals surface area contributed by atoms with Crippen LogP contribution in [0.15, 0.2) is 159 Å². The first-order valence-electron chi connectivity index (χ1n) is 18.4. The minimum absolute atomic E-state index is 0.768. The first-order chi connectivity index (χ1) is 26.7. The van der Waals surface area contributed by atoms with Gasteiger partial charge in [-0.3, -0.25) is 13.7 Å². The monoisotopic (exact) mass is 704 g/mol. The van der Waals surface area contributed by atoms with E-state index in [0.29, 0.717) is 0 Å². The van der Waals surface area contributed by atoms with Crippen LogP contribution in [0.3, 0.4) is 0 Å². The van der Waals surface area contributed by atoms with Gasteiger partial charge in [0.15, 0.2) is 11.3 Å². The molecule has 0 bridgehead atoms. The van der Waals surface area contributed by atoms with Gasteiger partial charge in [0.05, 0.1) is 5.69 Å². The van der Waals surface area contributed by atoms with Crippen molar-refractivity contribution in [3.8, 4) is 51.2 Å². The lowest BCUT2D eigenvalue weighted by atomic mass is 10.0. The lowest BCUT2D eigenvalue weighted by Gasteiger charge is -2.15. The number of benzene rings is 4. The third-order valence-corrected chi connectivity index (χ3v) is 9.37. The lowest BCUT2D eigenvalue weighted by Crippen LogP contribution is -2.03. The van der Waals surface area contributed by atoms with Crippen LogP contribution in [0.2, 0.25) is 0 Å². The molecule has 8 nitrogen and oxygen atoms in total. The van der Waals surface area contributed by atoms with Crippen molar-refractivity contribution in [1.29, 1.82) is 0 Å². The van der Waals surface area contributed by atoms with Crippen molar-refractivity contribution in [2.45, 2.75) is 33.6 Å². The Morgan fingerprint density at radius 2 is 0.926 bits per heavy atom. The predicted molar refractivity (Wildman–Crippen MR) is 219 cm³/mol. The van der Waals surface area contributed by atoms with Gasteiger partial charge in [-0.25, -0.2) is 24.9 Å². The average molecular weight is 705 g/mol. The molecule has 5 heterocycles. The number of aromatic nitrogens is 8. The molecule has 8 heteroatoms. The summed E-state index contributed by atoms with van der Waals surface area (Å²) in [6.45, 7) is 10.1. The Hall–Kier alpha value is -6.93. The smallest absolute Gasteiger partial charge is 0.164 e. The Morgan fingerprint density at radius 3 is 1.35 bits per heavy atom. The molecule has 54 heavy (non-hydrogen) atoms. The topological polar surface area (TPSA) is 79.2 Å². The van der Waals surface area contributed by atoms with Crippen LogP contribution in [0.5, 0.6) is 0 Å². The van der Waals surface area contributed by atoms with Gasteiger partial charge in [-0.2, -0.15) is 0 Å². The molecule has 264 valence electrons. The van der Waals surface area contributed by atoms with Gasteiger partial charge in [0, 0.05) is 51.8 Å². The summed E-state index contributed by atoms with van der Waals surface area (Å²) in [6.07, 6.45) is 7.20. The van der Waals surface area contributed by atoms with Crippen LogP contribution >= 0.6 is 0 Å². The summed E-state index contributed by atoms with van der Waals surface area (Å²) in [5, 5.41) is 0. The van der Waals surface area contributed by atoms with E-state index in [4.69, 9.17) is 24.9 Å². The normalized spacial score (nSPS) is 11.1. The first-order valence-corrected chi connectivity index (χ1v) is 18.4. The molecule has 0 N–H and O–H groups in total. The van der Waals surface area contributed by atoms with Crippen molar-refractivity contribution >= 4 is 22.3 Å². The first kappa shape index (κ1) is 34.2. The lowest BCUT2D eigenvalue weighted by molar-refractivity contribution is 0.934. The van der Waals surface area contributed by atoms with E-state index in [2.05, 4.69) is 93.9 Å². The summed E-state index contributed by atoms with van der Waals surface area (Å²) in [7, 11) is 0. The Morgan fingerprint density at radius 1 is 0.519 bits per heavy atom. The van der Waals surface area contributed by atoms with E-state index < -0.39 is 0 Å². The Kier molecular flexibility index (Phi) is 9.47. The number of nitrogens with zero attached hydrogens (tertiary/aromatic N) is 8. The number of allylic oxidation sites excluding steroid dienone is 1. The number of rotatable bonds is 9. The summed E-state index contributed by atoms with van der Waals surface area (Å²) in [5.74, 6) is 2.38. The molecule has 0 aliphatic rings. The molecule has 0 aliphatic heterocycles. The van der Waals surface area contributed by atoms with Gasteiger partial charge in [0.2, 0.25) is 0 Å². The molecule has 0 saturated heterocycles. The number of imidazole rings is 3. The van der Waals surface area contributed by atoms with Gasteiger partial charge in [0.1, 0.15) is 28.5 Å². The molecule has 4 aromatic carbocycles. The quantitative estimate of drug-likeness (QED) is 0.140. The van der Waals surface area contributed by atoms with E-state index in [-0.39, 0.29) is 0 Å². The molecule has 9 rings (SSSR count). The molecule has 0 aliphatic carbocycles. The third kappa shape index (κ3) is 6.17. The van der Waals surface area contributed by atoms with E-state index >= 15 is 0 Å². The largest absolute Gasteiger partial charge is 0.297 e. The maximum absolute atomic E-state index is 5.35. The molecule has 0 atom stereocenters. The molecule has 9 aromatic rings. The maximum Gasteiger partial charge on any atom is 0.164 e. The number of fused-ring (bicyclic) bond motifs is 2. The average Bonchev–Trinajstić information content (AvgIpc) is 3.93. The van der Waals surface area contributed by atoms with Crippen molar-refractivity contribution in [3.05, 3.63) is 170 Å². The second-order valence-corrected chi connectivity index (χ2v) is 12.7. The molecule has 0 fully saturated rings. The van der Waals surface area contributed by atoms with Gasteiger partial charge in [-0.1, -0.05) is 74.5 Å². The summed E-state index contributed by atoms with van der Waals surface area (Å²) >= 11 is 0. The van der Waals surface area contributed by atoms with E-state index in [1.807, 2.05) is 99.0 Å². The highest BCUT2D eigenvalue weighted by atomic mass is 15.1. The van der Waals surface area contributed by atoms with Gasteiger partial charge in [-0.05, 0) is 98.6 Å². The third-order valence-electron chi connectivity index (χ3n) is 9.37. The fourth-order valence-corrected chi connectivity index (χ4v) is 6.98. The minimum Gasteiger partial charge on any atom is -0.297 e. The molecular formula is C46H40N8. The van der Waals surface area contributed by atoms with E-state index in [0.717, 1.165) is 97.8 Å². The highest BCUT2D eigenvalue weighted by Crippen LogP contribution is 2.38. The SMILES string of the molecule is C=CCCc1nc(-c2cc(-c3nc4cccnc4n3-c3ccccc3)cc(-c3nc4cccnc4n3-c3ccccc3)c2)n(-c2ccccc2)c1C.CC. The van der Waals surface area contributed by atoms with Gasteiger partial charge >= 0.3 is 0 Å². The predicted octanol–water partition coefficient (Wildman–Crippen LogP) is 10.8. The standard InChI is InChI=1S/C44H34N8.C2H6/c1-3-4-22-37-30(2)50(34-16-8-5-9-17-34)40(47-37)31-27-32(41-48-38-23-14-25-45-43(38)51(41)35-18-10-6-11-19-35)29-33(28-31)42-49-39-24-15-26-46-44(39)52(42)36-20-12-7-13-21-36;1-2/h3,5-21,23-29H,1,4,22H2,2H3;1-2H3. The molecule has 0 radical (unpaired) electrons. The highest BCUT2D eigenvalue weighted by molar-refractivity contribution is 5.86. The summed E-state index contributed by atoms with van der Waals surface area (Å²) in [6, 6.07) is 45.4. The fourth-order valence-electron chi connectivity index (χ4n) is 6.98. The molecular weight excluding hydrogens is 665 g/mol. The van der Waals surface area contributed by atoms with Gasteiger partial charge < -0.3 is 0 Å². The van der Waals surface area contributed by atoms with E-state index in [1.165, 1.54) is 0 Å². The number of para-hydroxylation sites is 3. The molecule has 0 saturated carbocycles. The number of hydrogen-bond donors (Lipinski definition) is 0. The van der Waals surface area contributed by atoms with Crippen LogP contribution in [-0.4, -0.2) is 38.6 Å². The van der Waals surface area contributed by atoms with Crippen molar-refractivity contribution in [3.63, 3.8) is 0 Å². The summed E-state index contributed by atoms with van der Waals surface area (Å²) in [5.41, 5.74) is 11.0. The Labute approximate surface area is 314 Å². The van der Waals surface area contributed by atoms with Crippen molar-refractivity contribution in [1.82, 2.24) is 38.6 Å². The van der Waals surface area contributed by atoms with Crippen LogP contribution < -0.4 is 0 Å². The fraction of sp³-hybridized carbons (Fsp3) is 0.109. The molecule has 5 aromatic heterocycles. The second kappa shape index (κ2) is 15.0. The second-order valence-electron chi connectivity index (χ2n) is 12.7. The maximum atomic E-state index is 5.35. The molecule has 0 unspecified atom stereocenters. The van der Waals surface area contributed by atoms with Crippen LogP contribution in [0.1, 0.15) is 31.7 Å². The van der Waals surface area contributed by atoms with Crippen molar-refractivity contribution in [2.24, 2.45) is 0 Å². The Bertz CT molecular complexity index is 2570. The highest BCUT2D eigenvalue weighted by Gasteiger charge is 2.23. The summed E-state index contributed by atoms with van der Waals surface area (Å²) in [4.78, 5) is 25.4. The number of aryl methyl sites for hydroxylation is 1. The zero-order valence-electron chi connectivity index (χ0n) is 30.6. The molecule has 0 amide bonds. The number of pyridine rings is 2. The van der Waals surface area contributed by atoms with Gasteiger partial charge in [0.25, 0.3) is 0 Å². The Balaban J connectivity index is 0.00000203. The zero-order chi connectivity index (χ0) is 37.0. The van der Waals surface area contributed by atoms with Crippen LogP contribution in [0, 0.1) is 6.92 Å². The van der Waals surface area contributed by atoms with E-state index in [1.54, 1.807) is 0 Å². The van der Waals surface area contributed by atoms with Crippen LogP contribution in [0.25, 0.3) is 73.6 Å².